The van der Waals surface area contributed by atoms with Gasteiger partial charge in [-0.3, -0.25) is 0 Å². The molecule has 298 valence electrons. The normalized spacial score (nSPS) is 16.7. The van der Waals surface area contributed by atoms with Gasteiger partial charge in [0.25, 0.3) is 0 Å². The van der Waals surface area contributed by atoms with Crippen molar-refractivity contribution in [1.82, 2.24) is 0 Å². The molecule has 13 rings (SSSR count). The third-order valence-electron chi connectivity index (χ3n) is 15.3. The number of anilines is 6. The standard InChI is InChI=1S/C58H48N2Si2/c1-3-21-41(22-4-1)55-43-25-7-8-26-44(43)56(42-23-5-2-6-24-42)58-50(60-47-29-11-15-33-53(47)62(39-19-20-40-62)54-34-16-12-30-48(54)60)36-35-49(57(55)58)59-45-27-9-13-31-51(45)61(37-17-18-38-61)52-32-14-10-28-46(52)59/h1-16,21-36H,17-20,37-40H2. The van der Waals surface area contributed by atoms with Crippen LogP contribution in [0.3, 0.4) is 0 Å². The quantitative estimate of drug-likeness (QED) is 0.129. The van der Waals surface area contributed by atoms with Gasteiger partial charge in [0.05, 0.1) is 11.4 Å². The summed E-state index contributed by atoms with van der Waals surface area (Å²) in [6.07, 6.45) is 5.28. The van der Waals surface area contributed by atoms with E-state index in [2.05, 4.69) is 204 Å². The molecule has 2 nitrogen and oxygen atoms in total. The lowest BCUT2D eigenvalue weighted by Gasteiger charge is -2.44. The van der Waals surface area contributed by atoms with E-state index >= 15 is 0 Å². The topological polar surface area (TPSA) is 6.48 Å². The van der Waals surface area contributed by atoms with Gasteiger partial charge in [-0.1, -0.05) is 183 Å². The van der Waals surface area contributed by atoms with E-state index in [-0.39, 0.29) is 0 Å². The molecule has 2 fully saturated rings. The molecule has 62 heavy (non-hydrogen) atoms. The summed E-state index contributed by atoms with van der Waals surface area (Å²) in [5.74, 6) is 0. The Hall–Kier alpha value is -6.47. The Bertz CT molecular complexity index is 2900. The molecule has 0 atom stereocenters. The van der Waals surface area contributed by atoms with Gasteiger partial charge in [-0.25, -0.2) is 0 Å². The predicted octanol–water partition coefficient (Wildman–Crippen LogP) is 13.6. The molecule has 0 aliphatic carbocycles. The molecular formula is C58H48N2Si2. The fraction of sp³-hybridized carbons (Fsp3) is 0.138. The van der Waals surface area contributed by atoms with E-state index in [4.69, 9.17) is 0 Å². The predicted molar refractivity (Wildman–Crippen MR) is 269 cm³/mol. The van der Waals surface area contributed by atoms with Gasteiger partial charge in [0.2, 0.25) is 0 Å². The van der Waals surface area contributed by atoms with E-state index in [9.17, 15) is 0 Å². The highest BCUT2D eigenvalue weighted by atomic mass is 28.3. The molecule has 0 saturated carbocycles. The highest BCUT2D eigenvalue weighted by molar-refractivity contribution is 7.05. The van der Waals surface area contributed by atoms with E-state index in [1.807, 2.05) is 0 Å². The molecule has 2 spiro atoms. The van der Waals surface area contributed by atoms with Crippen LogP contribution in [0.15, 0.2) is 194 Å². The maximum Gasteiger partial charge on any atom is 0.123 e. The first kappa shape index (κ1) is 36.2. The lowest BCUT2D eigenvalue weighted by molar-refractivity contribution is 0.935. The Morgan fingerprint density at radius 3 is 0.903 bits per heavy atom. The van der Waals surface area contributed by atoms with Crippen LogP contribution < -0.4 is 30.5 Å². The Labute approximate surface area is 366 Å². The van der Waals surface area contributed by atoms with Crippen molar-refractivity contribution in [2.45, 2.75) is 49.9 Å². The van der Waals surface area contributed by atoms with Gasteiger partial charge < -0.3 is 9.80 Å². The Morgan fingerprint density at radius 2 is 0.565 bits per heavy atom. The first-order valence-electron chi connectivity index (χ1n) is 22.9. The van der Waals surface area contributed by atoms with Gasteiger partial charge in [0.1, 0.15) is 16.1 Å². The lowest BCUT2D eigenvalue weighted by atomic mass is 9.84. The summed E-state index contributed by atoms with van der Waals surface area (Å²) >= 11 is 0. The van der Waals surface area contributed by atoms with Crippen molar-refractivity contribution in [3.63, 3.8) is 0 Å². The molecule has 9 aromatic rings. The van der Waals surface area contributed by atoms with Crippen LogP contribution >= 0.6 is 0 Å². The number of hydrogen-bond donors (Lipinski definition) is 0. The van der Waals surface area contributed by atoms with Gasteiger partial charge in [-0.2, -0.15) is 0 Å². The summed E-state index contributed by atoms with van der Waals surface area (Å²) < 4.78 is 0. The fourth-order valence-electron chi connectivity index (χ4n) is 12.9. The number of hydrogen-bond acceptors (Lipinski definition) is 2. The zero-order valence-corrected chi connectivity index (χ0v) is 37.0. The monoisotopic (exact) mass is 828 g/mol. The van der Waals surface area contributed by atoms with E-state index in [1.165, 1.54) is 128 Å². The van der Waals surface area contributed by atoms with Crippen LogP contribution in [0.5, 0.6) is 0 Å². The van der Waals surface area contributed by atoms with Crippen LogP contribution in [0.1, 0.15) is 25.7 Å². The summed E-state index contributed by atoms with van der Waals surface area (Å²) in [6.45, 7) is 0. The van der Waals surface area contributed by atoms with Crippen LogP contribution in [0.4, 0.5) is 34.1 Å². The van der Waals surface area contributed by atoms with Crippen LogP contribution in [-0.4, -0.2) is 16.1 Å². The molecule has 0 unspecified atom stereocenters. The minimum atomic E-state index is -1.97. The minimum Gasteiger partial charge on any atom is -0.310 e. The molecule has 4 aliphatic rings. The second-order valence-corrected chi connectivity index (χ2v) is 26.7. The molecule has 4 heteroatoms. The molecule has 0 amide bonds. The Kier molecular flexibility index (Phi) is 8.20. The first-order valence-corrected chi connectivity index (χ1v) is 27.7. The highest BCUT2D eigenvalue weighted by Crippen LogP contribution is 2.56. The summed E-state index contributed by atoms with van der Waals surface area (Å²) in [6, 6.07) is 80.1. The smallest absolute Gasteiger partial charge is 0.123 e. The maximum atomic E-state index is 2.68. The van der Waals surface area contributed by atoms with Gasteiger partial charge >= 0.3 is 0 Å². The third-order valence-corrected chi connectivity index (χ3v) is 25.9. The van der Waals surface area contributed by atoms with Crippen molar-refractivity contribution < 1.29 is 0 Å². The zero-order chi connectivity index (χ0) is 40.8. The average molecular weight is 829 g/mol. The molecule has 0 radical (unpaired) electrons. The van der Waals surface area contributed by atoms with Crippen molar-refractivity contribution >= 4 is 92.6 Å². The second kappa shape index (κ2) is 14.0. The third kappa shape index (κ3) is 5.02. The lowest BCUT2D eigenvalue weighted by Crippen LogP contribution is -2.61. The first-order chi connectivity index (χ1) is 30.8. The maximum absolute atomic E-state index is 2.68. The van der Waals surface area contributed by atoms with Gasteiger partial charge in [0.15, 0.2) is 0 Å². The van der Waals surface area contributed by atoms with Crippen molar-refractivity contribution in [2.75, 3.05) is 9.80 Å². The average Bonchev–Trinajstić information content (AvgIpc) is 4.04. The van der Waals surface area contributed by atoms with Crippen LogP contribution in [0, 0.1) is 0 Å². The van der Waals surface area contributed by atoms with Gasteiger partial charge in [-0.15, -0.1) is 0 Å². The number of benzene rings is 9. The molecular weight excluding hydrogens is 781 g/mol. The van der Waals surface area contributed by atoms with E-state index in [0.717, 1.165) is 0 Å². The molecule has 0 bridgehead atoms. The fourth-order valence-corrected chi connectivity index (χ4v) is 23.9. The molecule has 9 aromatic carbocycles. The number of fused-ring (bicyclic) bond motifs is 10. The number of rotatable bonds is 4. The van der Waals surface area contributed by atoms with Crippen LogP contribution in [0.2, 0.25) is 24.2 Å². The molecule has 0 N–H and O–H groups in total. The SMILES string of the molecule is c1ccc(-c2c3ccccc3c(-c3ccccc3)c3c(N4c5ccccc5[Si]5(CCCC5)c5ccccc54)ccc(N4c5ccccc5[Si]5(CCCC5)c5ccccc54)c23)cc1. The summed E-state index contributed by atoms with van der Waals surface area (Å²) in [7, 11) is -3.93. The second-order valence-electron chi connectivity index (χ2n) is 18.2. The van der Waals surface area contributed by atoms with Crippen molar-refractivity contribution in [3.8, 4) is 22.3 Å². The highest BCUT2D eigenvalue weighted by Gasteiger charge is 2.49. The Morgan fingerprint density at radius 1 is 0.274 bits per heavy atom. The summed E-state index contributed by atoms with van der Waals surface area (Å²) in [5.41, 5.74) is 13.0. The van der Waals surface area contributed by atoms with Crippen LogP contribution in [0.25, 0.3) is 43.8 Å². The summed E-state index contributed by atoms with van der Waals surface area (Å²) in [4.78, 5) is 5.36. The van der Waals surface area contributed by atoms with E-state index in [1.54, 1.807) is 20.7 Å². The number of para-hydroxylation sites is 4. The summed E-state index contributed by atoms with van der Waals surface area (Å²) in [5, 5.41) is 11.6. The molecule has 2 saturated heterocycles. The Balaban J connectivity index is 1.23. The zero-order valence-electron chi connectivity index (χ0n) is 35.0. The van der Waals surface area contributed by atoms with Crippen LogP contribution in [-0.2, 0) is 0 Å². The van der Waals surface area contributed by atoms with Gasteiger partial charge in [0, 0.05) is 33.5 Å². The largest absolute Gasteiger partial charge is 0.310 e. The molecule has 4 heterocycles. The van der Waals surface area contributed by atoms with Crippen molar-refractivity contribution in [3.05, 3.63) is 194 Å². The minimum absolute atomic E-state index is 1.24. The van der Waals surface area contributed by atoms with Gasteiger partial charge in [-0.05, 0) is 114 Å². The van der Waals surface area contributed by atoms with E-state index in [0.29, 0.717) is 0 Å². The van der Waals surface area contributed by atoms with Crippen molar-refractivity contribution in [2.24, 2.45) is 0 Å². The van der Waals surface area contributed by atoms with E-state index < -0.39 is 16.1 Å². The van der Waals surface area contributed by atoms with Crippen molar-refractivity contribution in [1.29, 1.82) is 0 Å². The number of nitrogens with zero attached hydrogens (tertiary/aromatic N) is 2. The molecule has 4 aliphatic heterocycles. The molecule has 0 aromatic heterocycles.